The van der Waals surface area contributed by atoms with E-state index in [-0.39, 0.29) is 55.8 Å². The number of carbonyl (C=O) groups excluding carboxylic acids is 9. The van der Waals surface area contributed by atoms with Gasteiger partial charge in [0.2, 0.25) is 36.3 Å². The van der Waals surface area contributed by atoms with Crippen molar-refractivity contribution in [2.24, 2.45) is 29.1 Å². The highest BCUT2D eigenvalue weighted by Gasteiger charge is 2.41. The lowest BCUT2D eigenvalue weighted by molar-refractivity contribution is -0.174. The Kier molecular flexibility index (Phi) is 26.8. The maximum Gasteiger partial charge on any atom is 0.329 e. The van der Waals surface area contributed by atoms with E-state index in [1.807, 2.05) is 79.7 Å². The molecule has 1 aliphatic rings. The fourth-order valence-corrected chi connectivity index (χ4v) is 9.68. The Morgan fingerprint density at radius 1 is 0.671 bits per heavy atom. The SMILES string of the molecule is CCCC[C@@H](C)C[C@@H]1NC(=O)[C@H](Cc2cn(OC)c3ccccc23)N(C)C(=O)[C@H](CC(C)C)NC(=O)[C@H](CC(C)C)N(C)C(=O)[C@H](C[C@H](C)CCCC)NC(=O)C(CCC(=O)OCOC(=O)C(C)(C)C)OC(=O)C(C)N(C)C1=O. The lowest BCUT2D eigenvalue weighted by atomic mass is 9.94. The number of unbranched alkanes of at least 4 members (excludes halogenated alkanes) is 2. The molecule has 3 N–H and O–H groups in total. The van der Waals surface area contributed by atoms with Gasteiger partial charge in [0, 0.05) is 52.0 Å². The van der Waals surface area contributed by atoms with Crippen LogP contribution in [0.5, 0.6) is 0 Å². The molecule has 2 unspecified atom stereocenters. The molecule has 79 heavy (non-hydrogen) atoms. The van der Waals surface area contributed by atoms with Gasteiger partial charge in [-0.25, -0.2) is 4.79 Å². The van der Waals surface area contributed by atoms with Crippen LogP contribution in [0.15, 0.2) is 30.5 Å². The summed E-state index contributed by atoms with van der Waals surface area (Å²) in [5.41, 5.74) is 0.498. The van der Waals surface area contributed by atoms with Crippen LogP contribution >= 0.6 is 0 Å². The minimum absolute atomic E-state index is 0.0402. The Morgan fingerprint density at radius 3 is 1.68 bits per heavy atom. The van der Waals surface area contributed by atoms with Gasteiger partial charge in [-0.15, -0.1) is 0 Å². The number of para-hydroxylation sites is 1. The number of hydrogen-bond acceptors (Lipinski definition) is 13. The molecule has 1 aromatic heterocycles. The zero-order chi connectivity index (χ0) is 59.5. The van der Waals surface area contributed by atoms with Gasteiger partial charge >= 0.3 is 17.9 Å². The van der Waals surface area contributed by atoms with E-state index in [0.717, 1.165) is 42.4 Å². The van der Waals surface area contributed by atoms with Crippen LogP contribution in [0, 0.1) is 29.1 Å². The summed E-state index contributed by atoms with van der Waals surface area (Å²) in [6.45, 7) is 21.2. The normalized spacial score (nSPS) is 22.7. The molecule has 20 heteroatoms. The van der Waals surface area contributed by atoms with Crippen molar-refractivity contribution in [2.45, 2.75) is 209 Å². The first-order chi connectivity index (χ1) is 37.1. The van der Waals surface area contributed by atoms with Crippen molar-refractivity contribution in [3.05, 3.63) is 36.0 Å². The Hall–Kier alpha value is -6.21. The maximum absolute atomic E-state index is 15.2. The predicted molar refractivity (Wildman–Crippen MR) is 300 cm³/mol. The van der Waals surface area contributed by atoms with E-state index in [1.54, 1.807) is 31.7 Å². The molecule has 2 aromatic rings. The number of ether oxygens (including phenoxy) is 3. The maximum atomic E-state index is 15.2. The van der Waals surface area contributed by atoms with Crippen LogP contribution in [0.25, 0.3) is 10.9 Å². The van der Waals surface area contributed by atoms with Gasteiger partial charge < -0.3 is 49.7 Å². The van der Waals surface area contributed by atoms with Crippen molar-refractivity contribution < 1.29 is 62.2 Å². The molecule has 0 spiro atoms. The van der Waals surface area contributed by atoms with Gasteiger partial charge in [-0.1, -0.05) is 112 Å². The number of cyclic esters (lactones) is 1. The number of nitrogens with one attached hydrogen (secondary N) is 3. The number of hydrogen-bond donors (Lipinski definition) is 3. The summed E-state index contributed by atoms with van der Waals surface area (Å²) in [5, 5.41) is 9.53. The first-order valence-electron chi connectivity index (χ1n) is 28.4. The quantitative estimate of drug-likeness (QED) is 0.0842. The van der Waals surface area contributed by atoms with Crippen molar-refractivity contribution >= 4 is 64.3 Å². The average molecular weight is 1110 g/mol. The van der Waals surface area contributed by atoms with Crippen molar-refractivity contribution in [3.8, 4) is 0 Å². The van der Waals surface area contributed by atoms with Crippen molar-refractivity contribution in [1.82, 2.24) is 35.4 Å². The van der Waals surface area contributed by atoms with E-state index in [0.29, 0.717) is 17.5 Å². The molecule has 0 bridgehead atoms. The third-order valence-corrected chi connectivity index (χ3v) is 14.7. The van der Waals surface area contributed by atoms with Crippen LogP contribution in [-0.2, 0) is 63.8 Å². The molecule has 0 aliphatic carbocycles. The number of benzene rings is 1. The summed E-state index contributed by atoms with van der Waals surface area (Å²) in [6.07, 6.45) is 4.52. The number of amides is 6. The van der Waals surface area contributed by atoms with Crippen molar-refractivity contribution in [3.63, 3.8) is 0 Å². The highest BCUT2D eigenvalue weighted by molar-refractivity contribution is 5.98. The second kappa shape index (κ2) is 31.5. The van der Waals surface area contributed by atoms with Crippen LogP contribution in [0.1, 0.15) is 166 Å². The molecular weight excluding hydrogens is 1010 g/mol. The van der Waals surface area contributed by atoms with Gasteiger partial charge in [0.15, 0.2) is 6.10 Å². The molecule has 1 fully saturated rings. The van der Waals surface area contributed by atoms with Crippen LogP contribution < -0.4 is 20.8 Å². The summed E-state index contributed by atoms with van der Waals surface area (Å²) >= 11 is 0. The molecule has 0 saturated carbocycles. The number of rotatable bonds is 22. The predicted octanol–water partition coefficient (Wildman–Crippen LogP) is 6.52. The molecule has 1 aliphatic heterocycles. The second-order valence-electron chi connectivity index (χ2n) is 23.6. The minimum Gasteiger partial charge on any atom is -0.451 e. The Bertz CT molecular complexity index is 2380. The lowest BCUT2D eigenvalue weighted by Crippen LogP contribution is -2.60. The molecule has 0 radical (unpaired) electrons. The number of esters is 3. The molecule has 6 amide bonds. The largest absolute Gasteiger partial charge is 0.451 e. The molecule has 2 heterocycles. The first-order valence-corrected chi connectivity index (χ1v) is 28.4. The van der Waals surface area contributed by atoms with Gasteiger partial charge in [0.1, 0.15) is 43.4 Å². The molecule has 3 rings (SSSR count). The monoisotopic (exact) mass is 1110 g/mol. The summed E-state index contributed by atoms with van der Waals surface area (Å²) < 4.78 is 17.7. The lowest BCUT2D eigenvalue weighted by Gasteiger charge is -2.35. The Morgan fingerprint density at radius 2 is 1.16 bits per heavy atom. The van der Waals surface area contributed by atoms with Crippen LogP contribution in [0.3, 0.4) is 0 Å². The third kappa shape index (κ3) is 20.1. The van der Waals surface area contributed by atoms with Crippen LogP contribution in [-0.4, -0.2) is 150 Å². The minimum atomic E-state index is -1.72. The fourth-order valence-electron chi connectivity index (χ4n) is 9.68. The molecule has 1 saturated heterocycles. The van der Waals surface area contributed by atoms with Crippen LogP contribution in [0.4, 0.5) is 0 Å². The highest BCUT2D eigenvalue weighted by atomic mass is 16.7. The molecular formula is C59H95N7O13. The fraction of sp³-hybridized carbons (Fsp3) is 0.712. The zero-order valence-electron chi connectivity index (χ0n) is 50.2. The van der Waals surface area contributed by atoms with E-state index >= 15 is 14.4 Å². The van der Waals surface area contributed by atoms with Gasteiger partial charge in [0.05, 0.1) is 10.9 Å². The van der Waals surface area contributed by atoms with Gasteiger partial charge in [-0.3, -0.25) is 38.4 Å². The number of likely N-dealkylation sites (N-methyl/N-ethyl adjacent to an activating group) is 3. The van der Waals surface area contributed by atoms with E-state index in [4.69, 9.17) is 19.0 Å². The molecule has 1 aromatic carbocycles. The molecule has 9 atom stereocenters. The topological polar surface area (TPSA) is 241 Å². The third-order valence-electron chi connectivity index (χ3n) is 14.7. The zero-order valence-corrected chi connectivity index (χ0v) is 50.2. The van der Waals surface area contributed by atoms with Crippen molar-refractivity contribution in [1.29, 1.82) is 0 Å². The van der Waals surface area contributed by atoms with Crippen LogP contribution in [0.2, 0.25) is 0 Å². The smallest absolute Gasteiger partial charge is 0.329 e. The summed E-state index contributed by atoms with van der Waals surface area (Å²) in [7, 11) is 5.86. The number of nitrogens with zero attached hydrogens (tertiary/aromatic N) is 4. The average Bonchev–Trinajstić information content (AvgIpc) is 3.77. The Balaban J connectivity index is 2.32. The first kappa shape index (κ1) is 67.1. The number of aromatic nitrogens is 1. The second-order valence-corrected chi connectivity index (χ2v) is 23.6. The van der Waals surface area contributed by atoms with Gasteiger partial charge in [0.25, 0.3) is 5.91 Å². The standard InChI is InChI=1S/C59H95N7O13/c1-17-19-23-38(7)31-44-54(71)63(13)40(9)57(74)79-49(27-28-50(67)77-35-78-58(75)59(10,11)12)53(70)62-45(32-39(8)24-20-18-2)56(73)64(14)47(30-37(5)6)51(68)60-43(29-36(3)4)55(72)65(15)48(52(69)61-44)33-41-34-66(76-16)46-26-22-21-25-42(41)46/h21-22,25-26,34,36-40,43-45,47-49H,17-20,23-24,27-33,35H2,1-16H3,(H,60,68)(H,61,69)(H,62,70)/t38-,39-,40?,43+,44+,45+,47+,48+,49?/m1/s1. The molecule has 20 nitrogen and oxygen atoms in total. The van der Waals surface area contributed by atoms with Gasteiger partial charge in [-0.2, -0.15) is 4.73 Å². The Labute approximate surface area is 469 Å². The summed E-state index contributed by atoms with van der Waals surface area (Å²) in [4.78, 5) is 139. The summed E-state index contributed by atoms with van der Waals surface area (Å²) in [6, 6.07) is 0.00178. The van der Waals surface area contributed by atoms with E-state index in [2.05, 4.69) is 16.0 Å². The molecule has 444 valence electrons. The van der Waals surface area contributed by atoms with Gasteiger partial charge in [-0.05, 0) is 88.7 Å². The summed E-state index contributed by atoms with van der Waals surface area (Å²) in [5.74, 6) is -7.08. The van der Waals surface area contributed by atoms with E-state index in [9.17, 15) is 28.8 Å². The highest BCUT2D eigenvalue weighted by Crippen LogP contribution is 2.26. The number of fused-ring (bicyclic) bond motifs is 1. The number of carbonyl (C=O) groups is 9. The van der Waals surface area contributed by atoms with E-state index < -0.39 is 121 Å². The van der Waals surface area contributed by atoms with E-state index in [1.165, 1.54) is 45.0 Å². The van der Waals surface area contributed by atoms with Crippen molar-refractivity contribution in [2.75, 3.05) is 35.0 Å².